The minimum absolute atomic E-state index is 0.145. The third-order valence-electron chi connectivity index (χ3n) is 5.18. The molecule has 1 amide bonds. The highest BCUT2D eigenvalue weighted by Gasteiger charge is 2.46. The van der Waals surface area contributed by atoms with Crippen molar-refractivity contribution in [3.8, 4) is 5.69 Å². The summed E-state index contributed by atoms with van der Waals surface area (Å²) in [6.07, 6.45) is 2.58. The molecule has 26 heavy (non-hydrogen) atoms. The summed E-state index contributed by atoms with van der Waals surface area (Å²) in [5, 5.41) is 18.6. The molecule has 0 aliphatic carbocycles. The lowest BCUT2D eigenvalue weighted by atomic mass is 9.87. The van der Waals surface area contributed by atoms with Crippen LogP contribution in [0.15, 0.2) is 30.5 Å². The molecule has 1 aromatic carbocycles. The fourth-order valence-corrected chi connectivity index (χ4v) is 4.01. The summed E-state index contributed by atoms with van der Waals surface area (Å²) in [5.74, 6) is -0.206. The van der Waals surface area contributed by atoms with Gasteiger partial charge in [-0.25, -0.2) is 4.68 Å². The molecular formula is C19H23ClN4O2. The number of carbonyl (C=O) groups excluding carboxylic acids is 1. The van der Waals surface area contributed by atoms with Gasteiger partial charge in [0.2, 0.25) is 0 Å². The minimum Gasteiger partial charge on any atom is -0.377 e. The van der Waals surface area contributed by atoms with Crippen molar-refractivity contribution in [1.29, 1.82) is 0 Å². The summed E-state index contributed by atoms with van der Waals surface area (Å²) >= 11 is 6.37. The third kappa shape index (κ3) is 2.92. The summed E-state index contributed by atoms with van der Waals surface area (Å²) in [4.78, 5) is 14.6. The number of rotatable bonds is 2. The Morgan fingerprint density at radius 3 is 2.69 bits per heavy atom. The number of hydrogen-bond donors (Lipinski definition) is 2. The smallest absolute Gasteiger partial charge is 0.257 e. The van der Waals surface area contributed by atoms with Crippen molar-refractivity contribution in [3.05, 3.63) is 46.7 Å². The topological polar surface area (TPSA) is 70.4 Å². The predicted molar refractivity (Wildman–Crippen MR) is 99.3 cm³/mol. The van der Waals surface area contributed by atoms with Crippen molar-refractivity contribution in [2.45, 2.75) is 32.4 Å². The number of fused-ring (bicyclic) bond motifs is 1. The second-order valence-corrected chi connectivity index (χ2v) is 8.52. The molecule has 2 aliphatic heterocycles. The highest BCUT2D eigenvalue weighted by Crippen LogP contribution is 2.34. The molecule has 1 saturated heterocycles. The van der Waals surface area contributed by atoms with Crippen LogP contribution in [0.3, 0.4) is 0 Å². The Balaban J connectivity index is 1.72. The lowest BCUT2D eigenvalue weighted by Crippen LogP contribution is -2.68. The van der Waals surface area contributed by atoms with E-state index in [1.54, 1.807) is 4.90 Å². The van der Waals surface area contributed by atoms with Crippen LogP contribution >= 0.6 is 11.6 Å². The Kier molecular flexibility index (Phi) is 4.10. The van der Waals surface area contributed by atoms with Crippen LogP contribution in [0.1, 0.15) is 25.1 Å². The fraction of sp³-hybridized carbons (Fsp3) is 0.474. The number of β-amino-alcohol motifs (C(OH)–C–C–N with tert-alkyl or cyclic N) is 1. The zero-order valence-electron chi connectivity index (χ0n) is 15.0. The van der Waals surface area contributed by atoms with Crippen molar-refractivity contribution in [2.75, 3.05) is 19.6 Å². The van der Waals surface area contributed by atoms with Gasteiger partial charge in [-0.15, -0.1) is 0 Å². The molecule has 2 aromatic rings. The number of amides is 1. The monoisotopic (exact) mass is 374 g/mol. The number of para-hydroxylation sites is 1. The average molecular weight is 375 g/mol. The van der Waals surface area contributed by atoms with E-state index in [0.717, 1.165) is 23.4 Å². The van der Waals surface area contributed by atoms with Gasteiger partial charge < -0.3 is 15.3 Å². The first-order valence-corrected chi connectivity index (χ1v) is 9.20. The molecule has 4 rings (SSSR count). The van der Waals surface area contributed by atoms with Gasteiger partial charge in [0.1, 0.15) is 0 Å². The second kappa shape index (κ2) is 6.08. The number of carbonyl (C=O) groups is 1. The number of aromatic nitrogens is 2. The molecule has 2 N–H and O–H groups in total. The fourth-order valence-electron chi connectivity index (χ4n) is 3.80. The zero-order chi connectivity index (χ0) is 18.5. The maximum atomic E-state index is 12.9. The summed E-state index contributed by atoms with van der Waals surface area (Å²) in [5.41, 5.74) is 1.48. The van der Waals surface area contributed by atoms with E-state index in [9.17, 15) is 9.90 Å². The zero-order valence-corrected chi connectivity index (χ0v) is 15.8. The molecule has 0 atom stereocenters. The largest absolute Gasteiger partial charge is 0.377 e. The Hall–Kier alpha value is -1.89. The van der Waals surface area contributed by atoms with E-state index in [0.29, 0.717) is 31.2 Å². The molecule has 3 heterocycles. The number of nitrogens with one attached hydrogen (secondary N) is 1. The van der Waals surface area contributed by atoms with E-state index in [4.69, 9.17) is 11.6 Å². The molecule has 138 valence electrons. The standard InChI is InChI=1S/C19H23ClN4O2/c1-18(2)7-16-13(8-22-24(16)15-6-4-3-5-14(15)20)9-23(12-18)17(25)19(26)10-21-11-19/h3-6,8,21,26H,7,9-12H2,1-2H3. The van der Waals surface area contributed by atoms with Gasteiger partial charge in [0.15, 0.2) is 5.60 Å². The van der Waals surface area contributed by atoms with Crippen LogP contribution in [0.5, 0.6) is 0 Å². The molecule has 2 aliphatic rings. The van der Waals surface area contributed by atoms with E-state index in [-0.39, 0.29) is 11.3 Å². The van der Waals surface area contributed by atoms with E-state index in [1.807, 2.05) is 35.1 Å². The number of aliphatic hydroxyl groups is 1. The Bertz CT molecular complexity index is 857. The molecule has 0 saturated carbocycles. The summed E-state index contributed by atoms with van der Waals surface area (Å²) in [6, 6.07) is 7.62. The molecule has 0 radical (unpaired) electrons. The van der Waals surface area contributed by atoms with E-state index >= 15 is 0 Å². The first-order valence-electron chi connectivity index (χ1n) is 8.82. The van der Waals surface area contributed by atoms with Gasteiger partial charge in [0.25, 0.3) is 5.91 Å². The minimum atomic E-state index is -1.28. The maximum Gasteiger partial charge on any atom is 0.257 e. The number of halogens is 1. The molecule has 6 nitrogen and oxygen atoms in total. The average Bonchev–Trinajstić information content (AvgIpc) is 2.86. The first-order chi connectivity index (χ1) is 12.3. The highest BCUT2D eigenvalue weighted by atomic mass is 35.5. The van der Waals surface area contributed by atoms with Crippen LogP contribution in [0.4, 0.5) is 0 Å². The Labute approximate surface area is 157 Å². The van der Waals surface area contributed by atoms with Crippen LogP contribution in [-0.2, 0) is 17.8 Å². The number of benzene rings is 1. The van der Waals surface area contributed by atoms with Gasteiger partial charge in [-0.3, -0.25) is 4.79 Å². The lowest BCUT2D eigenvalue weighted by molar-refractivity contribution is -0.158. The van der Waals surface area contributed by atoms with Crippen LogP contribution < -0.4 is 5.32 Å². The second-order valence-electron chi connectivity index (χ2n) is 8.12. The number of nitrogens with zero attached hydrogens (tertiary/aromatic N) is 3. The van der Waals surface area contributed by atoms with Gasteiger partial charge in [0.05, 0.1) is 16.9 Å². The molecule has 0 spiro atoms. The lowest BCUT2D eigenvalue weighted by Gasteiger charge is -2.41. The highest BCUT2D eigenvalue weighted by molar-refractivity contribution is 6.32. The number of hydrogen-bond acceptors (Lipinski definition) is 4. The van der Waals surface area contributed by atoms with Crippen molar-refractivity contribution >= 4 is 17.5 Å². The SMILES string of the molecule is CC1(C)Cc2c(cnn2-c2ccccc2Cl)CN(C(=O)C2(O)CNC2)C1. The summed E-state index contributed by atoms with van der Waals surface area (Å²) < 4.78 is 1.88. The molecule has 1 fully saturated rings. The van der Waals surface area contributed by atoms with Gasteiger partial charge in [-0.2, -0.15) is 5.10 Å². The summed E-state index contributed by atoms with van der Waals surface area (Å²) in [6.45, 7) is 5.93. The van der Waals surface area contributed by atoms with Crippen molar-refractivity contribution < 1.29 is 9.90 Å². The maximum absolute atomic E-state index is 12.9. The third-order valence-corrected chi connectivity index (χ3v) is 5.50. The molecule has 0 unspecified atom stereocenters. The van der Waals surface area contributed by atoms with Gasteiger partial charge in [0, 0.05) is 37.4 Å². The van der Waals surface area contributed by atoms with E-state index in [2.05, 4.69) is 24.3 Å². The Morgan fingerprint density at radius 1 is 1.31 bits per heavy atom. The van der Waals surface area contributed by atoms with Crippen LogP contribution in [0.25, 0.3) is 5.69 Å². The van der Waals surface area contributed by atoms with Gasteiger partial charge in [-0.1, -0.05) is 37.6 Å². The van der Waals surface area contributed by atoms with Crippen molar-refractivity contribution in [3.63, 3.8) is 0 Å². The molecular weight excluding hydrogens is 352 g/mol. The van der Waals surface area contributed by atoms with Crippen LogP contribution in [-0.4, -0.2) is 50.9 Å². The van der Waals surface area contributed by atoms with Crippen LogP contribution in [0.2, 0.25) is 5.02 Å². The molecule has 0 bridgehead atoms. The van der Waals surface area contributed by atoms with E-state index < -0.39 is 5.60 Å². The predicted octanol–water partition coefficient (Wildman–Crippen LogP) is 1.77. The van der Waals surface area contributed by atoms with E-state index in [1.165, 1.54) is 0 Å². The summed E-state index contributed by atoms with van der Waals surface area (Å²) in [7, 11) is 0. The van der Waals surface area contributed by atoms with Crippen molar-refractivity contribution in [1.82, 2.24) is 20.0 Å². The normalized spacial score (nSPS) is 20.8. The molecule has 7 heteroatoms. The van der Waals surface area contributed by atoms with Crippen molar-refractivity contribution in [2.24, 2.45) is 5.41 Å². The van der Waals surface area contributed by atoms with Gasteiger partial charge >= 0.3 is 0 Å². The molecule has 1 aromatic heterocycles. The first kappa shape index (κ1) is 17.5. The van der Waals surface area contributed by atoms with Crippen LogP contribution in [0, 0.1) is 5.41 Å². The Morgan fingerprint density at radius 2 is 2.04 bits per heavy atom. The van der Waals surface area contributed by atoms with Gasteiger partial charge in [-0.05, 0) is 24.0 Å². The quantitative estimate of drug-likeness (QED) is 0.840.